The highest BCUT2D eigenvalue weighted by Crippen LogP contribution is 2.41. The lowest BCUT2D eigenvalue weighted by Gasteiger charge is -2.32. The molecular weight excluding hydrogens is 520 g/mol. The van der Waals surface area contributed by atoms with Crippen LogP contribution >= 0.6 is 22.9 Å². The van der Waals surface area contributed by atoms with Crippen LogP contribution < -0.4 is 5.32 Å². The van der Waals surface area contributed by atoms with E-state index in [1.807, 2.05) is 24.3 Å². The number of likely N-dealkylation sites (N-methyl/N-ethyl adjacent to an activating group) is 1. The Morgan fingerprint density at radius 2 is 1.89 bits per heavy atom. The van der Waals surface area contributed by atoms with E-state index in [1.165, 1.54) is 4.90 Å². The summed E-state index contributed by atoms with van der Waals surface area (Å²) in [6.45, 7) is 3.00. The Kier molecular flexibility index (Phi) is 6.44. The number of piperazine rings is 1. The molecule has 2 amide bonds. The summed E-state index contributed by atoms with van der Waals surface area (Å²) < 4.78 is 3.17. The molecule has 0 bridgehead atoms. The van der Waals surface area contributed by atoms with Gasteiger partial charge in [-0.3, -0.25) is 24.4 Å². The monoisotopic (exact) mass is 546 g/mol. The predicted octanol–water partition coefficient (Wildman–Crippen LogP) is 4.27. The number of benzene rings is 1. The van der Waals surface area contributed by atoms with Gasteiger partial charge < -0.3 is 9.88 Å². The van der Waals surface area contributed by atoms with Crippen LogP contribution in [0.5, 0.6) is 0 Å². The Balaban J connectivity index is 1.42. The lowest BCUT2D eigenvalue weighted by Crippen LogP contribution is -2.51. The van der Waals surface area contributed by atoms with Crippen LogP contribution in [0.3, 0.4) is 0 Å². The highest BCUT2D eigenvalue weighted by atomic mass is 35.5. The zero-order valence-corrected chi connectivity index (χ0v) is 22.6. The molecule has 2 fully saturated rings. The molecular formula is C28H27ClN6O2S. The molecule has 1 aromatic carbocycles. The van der Waals surface area contributed by atoms with Crippen molar-refractivity contribution in [2.75, 3.05) is 33.2 Å². The van der Waals surface area contributed by atoms with E-state index in [1.54, 1.807) is 29.5 Å². The number of aromatic nitrogens is 2. The van der Waals surface area contributed by atoms with Gasteiger partial charge in [-0.15, -0.1) is 11.3 Å². The van der Waals surface area contributed by atoms with E-state index in [9.17, 15) is 14.9 Å². The van der Waals surface area contributed by atoms with Crippen LogP contribution in [0.1, 0.15) is 17.7 Å². The number of thiophene rings is 1. The number of imide groups is 1. The van der Waals surface area contributed by atoms with Gasteiger partial charge in [0.15, 0.2) is 0 Å². The van der Waals surface area contributed by atoms with E-state index in [0.29, 0.717) is 11.6 Å². The van der Waals surface area contributed by atoms with E-state index in [2.05, 4.69) is 33.2 Å². The second-order valence-corrected chi connectivity index (χ2v) is 11.9. The third-order valence-electron chi connectivity index (χ3n) is 7.58. The Labute approximate surface area is 229 Å². The highest BCUT2D eigenvalue weighted by molar-refractivity contribution is 7.19. The number of nitriles is 1. The molecule has 8 nitrogen and oxygen atoms in total. The first-order chi connectivity index (χ1) is 18.4. The van der Waals surface area contributed by atoms with Crippen LogP contribution in [-0.2, 0) is 22.7 Å². The molecule has 2 aliphatic heterocycles. The highest BCUT2D eigenvalue weighted by Gasteiger charge is 2.33. The number of hydrogen-bond donors (Lipinski definition) is 1. The van der Waals surface area contributed by atoms with Gasteiger partial charge in [-0.25, -0.2) is 0 Å². The maximum absolute atomic E-state index is 12.5. The molecule has 4 aromatic rings. The van der Waals surface area contributed by atoms with E-state index < -0.39 is 5.41 Å². The predicted molar refractivity (Wildman–Crippen MR) is 149 cm³/mol. The number of hydrogen-bond acceptors (Lipinski definition) is 7. The number of carbonyl (C=O) groups is 2. The molecule has 0 spiro atoms. The molecule has 5 heterocycles. The second kappa shape index (κ2) is 9.79. The normalized spacial score (nSPS) is 18.4. The van der Waals surface area contributed by atoms with E-state index in [4.69, 9.17) is 11.6 Å². The number of nitrogens with one attached hydrogen (secondary N) is 1. The first kappa shape index (κ1) is 25.0. The van der Waals surface area contributed by atoms with Gasteiger partial charge in [0.25, 0.3) is 0 Å². The number of fused-ring (bicyclic) bond motifs is 2. The molecule has 6 rings (SSSR count). The van der Waals surface area contributed by atoms with Crippen LogP contribution in [0.2, 0.25) is 5.02 Å². The number of carbonyl (C=O) groups excluding carboxylic acids is 2. The summed E-state index contributed by atoms with van der Waals surface area (Å²) in [6.07, 6.45) is 5.45. The Morgan fingerprint density at radius 1 is 1.13 bits per heavy atom. The van der Waals surface area contributed by atoms with Gasteiger partial charge in [0, 0.05) is 45.4 Å². The lowest BCUT2D eigenvalue weighted by atomic mass is 9.80. The molecule has 3 aromatic heterocycles. The van der Waals surface area contributed by atoms with Crippen LogP contribution in [-0.4, -0.2) is 64.4 Å². The maximum Gasteiger partial charge on any atom is 0.243 e. The van der Waals surface area contributed by atoms with Crippen molar-refractivity contribution >= 4 is 55.9 Å². The quantitative estimate of drug-likeness (QED) is 0.376. The molecule has 2 aliphatic rings. The topological polar surface area (TPSA) is 94.3 Å². The minimum absolute atomic E-state index is 0.187. The Morgan fingerprint density at radius 3 is 2.63 bits per heavy atom. The summed E-state index contributed by atoms with van der Waals surface area (Å²) >= 11 is 8.14. The van der Waals surface area contributed by atoms with Gasteiger partial charge in [0.05, 0.1) is 46.9 Å². The van der Waals surface area contributed by atoms with Crippen molar-refractivity contribution in [3.63, 3.8) is 0 Å². The van der Waals surface area contributed by atoms with Crippen molar-refractivity contribution in [2.24, 2.45) is 5.41 Å². The van der Waals surface area contributed by atoms with Gasteiger partial charge in [-0.2, -0.15) is 5.26 Å². The number of pyridine rings is 1. The van der Waals surface area contributed by atoms with Gasteiger partial charge >= 0.3 is 0 Å². The lowest BCUT2D eigenvalue weighted by molar-refractivity contribution is -0.151. The molecule has 0 radical (unpaired) electrons. The summed E-state index contributed by atoms with van der Waals surface area (Å²) in [5.41, 5.74) is 3.40. The van der Waals surface area contributed by atoms with Crippen LogP contribution in [0.4, 0.5) is 0 Å². The molecule has 0 saturated carbocycles. The van der Waals surface area contributed by atoms with Gasteiger partial charge in [0.2, 0.25) is 11.8 Å². The zero-order chi connectivity index (χ0) is 26.4. The number of halogens is 1. The molecule has 2 saturated heterocycles. The number of amides is 2. The summed E-state index contributed by atoms with van der Waals surface area (Å²) in [6, 6.07) is 12.6. The van der Waals surface area contributed by atoms with E-state index >= 15 is 0 Å². The number of piperidine rings is 1. The van der Waals surface area contributed by atoms with Gasteiger partial charge in [-0.05, 0) is 63.3 Å². The van der Waals surface area contributed by atoms with Gasteiger partial charge in [-0.1, -0.05) is 11.6 Å². The average molecular weight is 547 g/mol. The molecule has 1 N–H and O–H groups in total. The fourth-order valence-electron chi connectivity index (χ4n) is 5.62. The molecule has 0 unspecified atom stereocenters. The largest absolute Gasteiger partial charge is 0.345 e. The Hall–Kier alpha value is -3.29. The fourth-order valence-corrected chi connectivity index (χ4v) is 6.98. The van der Waals surface area contributed by atoms with Gasteiger partial charge in [0.1, 0.15) is 0 Å². The minimum Gasteiger partial charge on any atom is -0.345 e. The van der Waals surface area contributed by atoms with Crippen molar-refractivity contribution in [1.82, 2.24) is 24.7 Å². The number of rotatable bonds is 5. The standard InChI is InChI=1S/C28H27ClN6O2S/c1-33-14-24(36)35(25(37)15-33)13-20-12-23-27(38-20)21(2-6-32-23)22-11-19(29)10-18-3-9-34(26(18)22)17-28(16-30)4-7-31-8-5-28/h2-3,6,9-12,31H,4-5,7-8,13-15,17H2,1H3. The Bertz CT molecular complexity index is 1590. The van der Waals surface area contributed by atoms with Crippen molar-refractivity contribution in [1.29, 1.82) is 5.26 Å². The first-order valence-electron chi connectivity index (χ1n) is 12.7. The molecule has 0 atom stereocenters. The van der Waals surface area contributed by atoms with Crippen LogP contribution in [0, 0.1) is 16.7 Å². The summed E-state index contributed by atoms with van der Waals surface area (Å²) in [5, 5.41) is 15.1. The van der Waals surface area contributed by atoms with Crippen molar-refractivity contribution in [3.8, 4) is 17.2 Å². The average Bonchev–Trinajstić information content (AvgIpc) is 3.49. The minimum atomic E-state index is -0.417. The maximum atomic E-state index is 12.5. The van der Waals surface area contributed by atoms with Crippen molar-refractivity contribution in [2.45, 2.75) is 25.9 Å². The zero-order valence-electron chi connectivity index (χ0n) is 21.0. The first-order valence-corrected chi connectivity index (χ1v) is 13.9. The second-order valence-electron chi connectivity index (χ2n) is 10.3. The van der Waals surface area contributed by atoms with Crippen LogP contribution in [0.25, 0.3) is 32.2 Å². The van der Waals surface area contributed by atoms with E-state index in [0.717, 1.165) is 63.1 Å². The van der Waals surface area contributed by atoms with Crippen molar-refractivity contribution < 1.29 is 9.59 Å². The molecule has 38 heavy (non-hydrogen) atoms. The third-order valence-corrected chi connectivity index (χ3v) is 8.94. The summed E-state index contributed by atoms with van der Waals surface area (Å²) in [5.74, 6) is -0.374. The molecule has 194 valence electrons. The molecule has 10 heteroatoms. The van der Waals surface area contributed by atoms with E-state index in [-0.39, 0.29) is 31.4 Å². The SMILES string of the molecule is CN1CC(=O)N(Cc2cc3nccc(-c4cc(Cl)cc5ccn(CC6(C#N)CCNCC6)c45)c3s2)C(=O)C1. The van der Waals surface area contributed by atoms with Crippen LogP contribution in [0.15, 0.2) is 42.7 Å². The smallest absolute Gasteiger partial charge is 0.243 e. The number of nitrogens with zero attached hydrogens (tertiary/aromatic N) is 5. The molecule has 0 aliphatic carbocycles. The fraction of sp³-hybridized carbons (Fsp3) is 0.357. The van der Waals surface area contributed by atoms with Crippen molar-refractivity contribution in [3.05, 3.63) is 52.6 Å². The third kappa shape index (κ3) is 4.48. The summed E-state index contributed by atoms with van der Waals surface area (Å²) in [4.78, 5) is 33.6. The summed E-state index contributed by atoms with van der Waals surface area (Å²) in [7, 11) is 1.77.